The van der Waals surface area contributed by atoms with Crippen molar-refractivity contribution >= 4 is 11.8 Å². The number of carbonyl (C=O) groups excluding carboxylic acids is 2. The van der Waals surface area contributed by atoms with Gasteiger partial charge in [0.15, 0.2) is 0 Å². The van der Waals surface area contributed by atoms with Gasteiger partial charge in [-0.05, 0) is 67.7 Å². The maximum atomic E-state index is 12.5. The molecular formula is C21H23N3O4. The molecule has 0 radical (unpaired) electrons. The van der Waals surface area contributed by atoms with Crippen molar-refractivity contribution in [1.29, 1.82) is 0 Å². The summed E-state index contributed by atoms with van der Waals surface area (Å²) in [5, 5.41) is 20.5. The highest BCUT2D eigenvalue weighted by atomic mass is 16.5. The summed E-state index contributed by atoms with van der Waals surface area (Å²) in [5.41, 5.74) is 7.95. The summed E-state index contributed by atoms with van der Waals surface area (Å²) in [4.78, 5) is 24.4. The van der Waals surface area contributed by atoms with E-state index in [1.807, 2.05) is 0 Å². The average Bonchev–Trinajstić information content (AvgIpc) is 3.46. The lowest BCUT2D eigenvalue weighted by molar-refractivity contribution is -0.134. The van der Waals surface area contributed by atoms with E-state index in [1.165, 1.54) is 0 Å². The van der Waals surface area contributed by atoms with Crippen molar-refractivity contribution in [3.8, 4) is 23.7 Å². The van der Waals surface area contributed by atoms with Crippen LogP contribution in [0.15, 0.2) is 24.3 Å². The third kappa shape index (κ3) is 4.52. The number of nitrogens with two attached hydrogens (primary N) is 1. The first-order chi connectivity index (χ1) is 13.5. The predicted octanol–water partition coefficient (Wildman–Crippen LogP) is 0.155. The van der Waals surface area contributed by atoms with Crippen molar-refractivity contribution in [2.45, 2.75) is 37.3 Å². The SMILES string of the molecule is NC1([C@H](NC(=O)c2ccc(C#CC#CC3CC3CO)cc2)C(=O)NO)CCC1. The zero-order valence-electron chi connectivity index (χ0n) is 15.4. The third-order valence-corrected chi connectivity index (χ3v) is 5.34. The third-order valence-electron chi connectivity index (χ3n) is 5.34. The molecule has 1 aromatic rings. The molecule has 2 unspecified atom stereocenters. The molecule has 3 atom stereocenters. The van der Waals surface area contributed by atoms with Crippen molar-refractivity contribution in [2.75, 3.05) is 6.61 Å². The number of aliphatic hydroxyl groups excluding tert-OH is 1. The van der Waals surface area contributed by atoms with Crippen LogP contribution in [0.1, 0.15) is 41.6 Å². The van der Waals surface area contributed by atoms with E-state index in [0.717, 1.165) is 12.8 Å². The Morgan fingerprint density at radius 3 is 2.50 bits per heavy atom. The minimum atomic E-state index is -1.00. The van der Waals surface area contributed by atoms with Gasteiger partial charge in [-0.15, -0.1) is 0 Å². The normalized spacial score (nSPS) is 22.2. The van der Waals surface area contributed by atoms with Gasteiger partial charge in [0.2, 0.25) is 0 Å². The van der Waals surface area contributed by atoms with Crippen molar-refractivity contribution in [3.05, 3.63) is 35.4 Å². The number of hydroxylamine groups is 1. The number of rotatable bonds is 5. The second-order valence-electron chi connectivity index (χ2n) is 7.35. The Hall–Kier alpha value is -2.84. The van der Waals surface area contributed by atoms with Gasteiger partial charge < -0.3 is 16.2 Å². The fourth-order valence-corrected chi connectivity index (χ4v) is 3.19. The van der Waals surface area contributed by atoms with Gasteiger partial charge >= 0.3 is 0 Å². The highest BCUT2D eigenvalue weighted by Crippen LogP contribution is 2.36. The van der Waals surface area contributed by atoms with Crippen LogP contribution in [0.4, 0.5) is 0 Å². The van der Waals surface area contributed by atoms with Gasteiger partial charge in [-0.1, -0.05) is 11.8 Å². The van der Waals surface area contributed by atoms with E-state index in [2.05, 4.69) is 29.0 Å². The van der Waals surface area contributed by atoms with Crippen molar-refractivity contribution in [1.82, 2.24) is 10.8 Å². The quantitative estimate of drug-likeness (QED) is 0.282. The number of nitrogens with one attached hydrogen (secondary N) is 2. The average molecular weight is 381 g/mol. The first-order valence-corrected chi connectivity index (χ1v) is 9.23. The van der Waals surface area contributed by atoms with Crippen LogP contribution in [0.2, 0.25) is 0 Å². The van der Waals surface area contributed by atoms with E-state index in [1.54, 1.807) is 29.7 Å². The molecule has 0 aliphatic heterocycles. The van der Waals surface area contributed by atoms with E-state index >= 15 is 0 Å². The monoisotopic (exact) mass is 381 g/mol. The number of aliphatic hydroxyl groups is 1. The molecule has 0 bridgehead atoms. The Labute approximate surface area is 163 Å². The Balaban J connectivity index is 1.61. The van der Waals surface area contributed by atoms with Gasteiger partial charge in [-0.2, -0.15) is 0 Å². The summed E-state index contributed by atoms with van der Waals surface area (Å²) in [5.74, 6) is 10.8. The molecule has 2 amide bonds. The van der Waals surface area contributed by atoms with Crippen LogP contribution in [-0.4, -0.2) is 40.3 Å². The number of amides is 2. The van der Waals surface area contributed by atoms with Gasteiger partial charge in [0.25, 0.3) is 11.8 Å². The second kappa shape index (κ2) is 8.45. The summed E-state index contributed by atoms with van der Waals surface area (Å²) < 4.78 is 0. The van der Waals surface area contributed by atoms with Gasteiger partial charge in [-0.25, -0.2) is 5.48 Å². The number of hydrogen-bond acceptors (Lipinski definition) is 5. The molecule has 7 heteroatoms. The molecule has 0 saturated heterocycles. The topological polar surface area (TPSA) is 125 Å². The summed E-state index contributed by atoms with van der Waals surface area (Å²) in [7, 11) is 0. The number of benzene rings is 1. The summed E-state index contributed by atoms with van der Waals surface area (Å²) in [6.07, 6.45) is 3.00. The molecule has 2 aliphatic carbocycles. The van der Waals surface area contributed by atoms with Crippen LogP contribution in [-0.2, 0) is 4.79 Å². The Morgan fingerprint density at radius 1 is 1.25 bits per heavy atom. The molecule has 146 valence electrons. The molecule has 2 fully saturated rings. The van der Waals surface area contributed by atoms with Crippen LogP contribution >= 0.6 is 0 Å². The smallest absolute Gasteiger partial charge is 0.267 e. The van der Waals surface area contributed by atoms with Crippen LogP contribution in [0.25, 0.3) is 0 Å². The molecule has 3 rings (SSSR count). The van der Waals surface area contributed by atoms with Gasteiger partial charge in [-0.3, -0.25) is 14.8 Å². The molecule has 2 saturated carbocycles. The lowest BCUT2D eigenvalue weighted by Gasteiger charge is -2.43. The maximum absolute atomic E-state index is 12.5. The number of hydrogen-bond donors (Lipinski definition) is 5. The Kier molecular flexibility index (Phi) is 6.01. The lowest BCUT2D eigenvalue weighted by Crippen LogP contribution is -2.67. The molecular weight excluding hydrogens is 358 g/mol. The number of carbonyl (C=O) groups is 2. The highest BCUT2D eigenvalue weighted by molar-refractivity contribution is 5.98. The summed E-state index contributed by atoms with van der Waals surface area (Å²) in [6, 6.07) is 5.60. The molecule has 0 spiro atoms. The van der Waals surface area contributed by atoms with Crippen LogP contribution < -0.4 is 16.5 Å². The van der Waals surface area contributed by atoms with Crippen LogP contribution in [0.5, 0.6) is 0 Å². The largest absolute Gasteiger partial charge is 0.396 e. The minimum absolute atomic E-state index is 0.169. The van der Waals surface area contributed by atoms with E-state index in [0.29, 0.717) is 24.0 Å². The van der Waals surface area contributed by atoms with Crippen LogP contribution in [0.3, 0.4) is 0 Å². The first-order valence-electron chi connectivity index (χ1n) is 9.23. The zero-order chi connectivity index (χ0) is 20.1. The highest BCUT2D eigenvalue weighted by Gasteiger charge is 2.45. The van der Waals surface area contributed by atoms with Gasteiger partial charge in [0, 0.05) is 29.2 Å². The van der Waals surface area contributed by atoms with Gasteiger partial charge in [0.05, 0.1) is 0 Å². The fraction of sp³-hybridized carbons (Fsp3) is 0.429. The fourth-order valence-electron chi connectivity index (χ4n) is 3.19. The Bertz CT molecular complexity index is 869. The predicted molar refractivity (Wildman–Crippen MR) is 102 cm³/mol. The lowest BCUT2D eigenvalue weighted by atomic mass is 9.72. The zero-order valence-corrected chi connectivity index (χ0v) is 15.4. The summed E-state index contributed by atoms with van der Waals surface area (Å²) in [6.45, 7) is 0.169. The first kappa shape index (κ1) is 19.9. The standard InChI is InChI=1S/C21H23N3O4/c22-21(10-3-11-21)18(20(27)24-28)23-19(26)15-8-6-14(7-9-15)4-1-2-5-16-12-17(16)13-25/h6-9,16-18,25,28H,3,10-13,22H2,(H,23,26)(H,24,27)/t16?,17?,18-/m1/s1. The van der Waals surface area contributed by atoms with Gasteiger partial charge in [0.1, 0.15) is 6.04 Å². The Morgan fingerprint density at radius 2 is 1.96 bits per heavy atom. The van der Waals surface area contributed by atoms with E-state index in [4.69, 9.17) is 16.0 Å². The molecule has 7 nitrogen and oxygen atoms in total. The summed E-state index contributed by atoms with van der Waals surface area (Å²) >= 11 is 0. The molecule has 1 aromatic carbocycles. The molecule has 2 aliphatic rings. The molecule has 6 N–H and O–H groups in total. The van der Waals surface area contributed by atoms with Crippen molar-refractivity contribution in [2.24, 2.45) is 17.6 Å². The maximum Gasteiger partial charge on any atom is 0.267 e. The van der Waals surface area contributed by atoms with Crippen LogP contribution in [0, 0.1) is 35.5 Å². The molecule has 0 heterocycles. The molecule has 28 heavy (non-hydrogen) atoms. The van der Waals surface area contributed by atoms with E-state index in [9.17, 15) is 9.59 Å². The minimum Gasteiger partial charge on any atom is -0.396 e. The van der Waals surface area contributed by atoms with Crippen molar-refractivity contribution in [3.63, 3.8) is 0 Å². The van der Waals surface area contributed by atoms with E-state index < -0.39 is 23.4 Å². The second-order valence-corrected chi connectivity index (χ2v) is 7.35. The van der Waals surface area contributed by atoms with E-state index in [-0.39, 0.29) is 18.4 Å². The molecule has 0 aromatic heterocycles. The van der Waals surface area contributed by atoms with Crippen molar-refractivity contribution < 1.29 is 19.9 Å².